The van der Waals surface area contributed by atoms with Crippen molar-refractivity contribution in [3.8, 4) is 0 Å². The molecule has 67 heavy (non-hydrogen) atoms. The van der Waals surface area contributed by atoms with Crippen molar-refractivity contribution in [2.45, 2.75) is 263 Å². The lowest BCUT2D eigenvalue weighted by Crippen LogP contribution is -2.48. The van der Waals surface area contributed by atoms with Gasteiger partial charge in [-0.2, -0.15) is 9.59 Å². The number of ether oxygens (including phenoxy) is 4. The van der Waals surface area contributed by atoms with Gasteiger partial charge in [0.2, 0.25) is 0 Å². The highest BCUT2D eigenvalue weighted by Crippen LogP contribution is 2.41. The molecule has 0 aliphatic carbocycles. The van der Waals surface area contributed by atoms with Gasteiger partial charge in [-0.25, -0.2) is 19.2 Å². The Morgan fingerprint density at radius 1 is 0.493 bits per heavy atom. The summed E-state index contributed by atoms with van der Waals surface area (Å²) in [5.41, 5.74) is -0.367. The lowest BCUT2D eigenvalue weighted by molar-refractivity contribution is -0.191. The molecule has 0 saturated carbocycles. The first-order valence-corrected chi connectivity index (χ1v) is 24.9. The largest absolute Gasteiger partial charge is 0.444 e. The van der Waals surface area contributed by atoms with Crippen LogP contribution in [0.2, 0.25) is 0 Å². The molecule has 380 valence electrons. The van der Waals surface area contributed by atoms with Crippen LogP contribution < -0.4 is 0 Å². The van der Waals surface area contributed by atoms with E-state index in [-0.39, 0.29) is 72.7 Å². The highest BCUT2D eigenvalue weighted by molar-refractivity contribution is 5.83. The van der Waals surface area contributed by atoms with Crippen LogP contribution in [-0.2, 0) is 33.3 Å². The van der Waals surface area contributed by atoms with Crippen molar-refractivity contribution in [2.24, 2.45) is 5.92 Å². The van der Waals surface area contributed by atoms with E-state index in [9.17, 15) is 29.1 Å². The molecule has 8 unspecified atom stereocenters. The highest BCUT2D eigenvalue weighted by Gasteiger charge is 2.47. The lowest BCUT2D eigenvalue weighted by atomic mass is 9.92. The van der Waals surface area contributed by atoms with Crippen molar-refractivity contribution in [1.29, 1.82) is 0 Å². The zero-order valence-electron chi connectivity index (χ0n) is 42.9. The Kier molecular flexibility index (Phi) is 19.0. The minimum Gasteiger partial charge on any atom is -0.444 e. The van der Waals surface area contributed by atoms with E-state index in [2.05, 4.69) is 6.58 Å². The maximum absolute atomic E-state index is 12.1. The summed E-state index contributed by atoms with van der Waals surface area (Å²) in [7, 11) is 0. The molecule has 8 fully saturated rings. The summed E-state index contributed by atoms with van der Waals surface area (Å²) in [4.78, 5) is 83.4. The zero-order valence-corrected chi connectivity index (χ0v) is 42.9. The second-order valence-electron chi connectivity index (χ2n) is 23.7. The molecule has 8 aliphatic rings. The summed E-state index contributed by atoms with van der Waals surface area (Å²) in [6.45, 7) is 27.1. The van der Waals surface area contributed by atoms with E-state index >= 15 is 0 Å². The first kappa shape index (κ1) is 55.4. The van der Waals surface area contributed by atoms with Crippen LogP contribution >= 0.6 is 0 Å². The van der Waals surface area contributed by atoms with E-state index in [0.717, 1.165) is 77.0 Å². The van der Waals surface area contributed by atoms with Crippen LogP contribution in [-0.4, -0.2) is 138 Å². The Morgan fingerprint density at radius 2 is 0.746 bits per heavy atom. The van der Waals surface area contributed by atoms with E-state index in [4.69, 9.17) is 28.5 Å². The Morgan fingerprint density at radius 3 is 1.04 bits per heavy atom. The summed E-state index contributed by atoms with van der Waals surface area (Å²) >= 11 is 0. The standard InChI is InChI=1S/C13H23NO3.C13H21NO2.C12H19NO3.C12H21NO2.CO2/c1-13(2,3)17-12(16)14-10-4-5-11(14)7-9(6-10)8-15;1-9-7-10-5-6-11(8-9)14(10)12(15)16-13(2,3)4;1-12(2,3)16-11(15)13-8-4-5-9(13)7-10(14)6-8;1-12(2,3)15-11(14)13-9-5-4-6-10(13)8-7-9;2-1-3/h9-11,15H,4-8H2,1-3H3;10-11H,1,5-8H2,2-4H3;8-9H,4-7H2,1-3H3;9-10H,4-8H2,1-3H3;. The number of nitrogens with zero attached hydrogens (tertiary/aromatic N) is 4. The summed E-state index contributed by atoms with van der Waals surface area (Å²) in [6.07, 6.45) is 16.5. The fourth-order valence-electron chi connectivity index (χ4n) is 11.1. The monoisotopic (exact) mass is 945 g/mol. The van der Waals surface area contributed by atoms with Gasteiger partial charge in [0.25, 0.3) is 0 Å². The second kappa shape index (κ2) is 23.0. The summed E-state index contributed by atoms with van der Waals surface area (Å²) in [5, 5.41) is 9.23. The first-order chi connectivity index (χ1) is 31.0. The summed E-state index contributed by atoms with van der Waals surface area (Å²) in [5.74, 6) is 0.651. The maximum atomic E-state index is 12.1. The molecule has 0 aromatic heterocycles. The molecule has 4 amide bonds. The number of ketones is 1. The number of carbonyl (C=O) groups is 5. The molecule has 0 aromatic rings. The van der Waals surface area contributed by atoms with Gasteiger partial charge in [0.05, 0.1) is 0 Å². The predicted octanol–water partition coefficient (Wildman–Crippen LogP) is 9.73. The number of rotatable bonds is 1. The van der Waals surface area contributed by atoms with E-state index in [1.165, 1.54) is 24.8 Å². The van der Waals surface area contributed by atoms with Gasteiger partial charge in [-0.3, -0.25) is 4.79 Å². The Labute approximate surface area is 400 Å². The molecule has 1 N–H and O–H groups in total. The van der Waals surface area contributed by atoms with Gasteiger partial charge in [0.15, 0.2) is 0 Å². The number of hydrogen-bond donors (Lipinski definition) is 1. The number of Topliss-reactive ketones (excluding diaryl/α,β-unsaturated/α-hetero) is 1. The number of aliphatic hydroxyl groups excluding tert-OH is 1. The fraction of sp³-hybridized carbons (Fsp3) is 0.843. The SMILES string of the molecule is C=C1CC2CCC(C1)N2C(=O)OC(C)(C)C.CC(C)(C)OC(=O)N1C2CCC1CC(=O)C2.CC(C)(C)OC(=O)N1C2CCC1CC(CO)C2.CC(C)(C)OC(=O)N1C2CCCC1CC2.O=C=O. The predicted molar refractivity (Wildman–Crippen MR) is 251 cm³/mol. The quantitative estimate of drug-likeness (QED) is 0.194. The molecule has 16 heteroatoms. The van der Waals surface area contributed by atoms with E-state index in [1.807, 2.05) is 97.8 Å². The number of piperidine rings is 4. The molecule has 0 radical (unpaired) electrons. The Balaban J connectivity index is 0.000000191. The number of amides is 4. The molecular formula is C51H84N4O12. The number of fused-ring (bicyclic) bond motifs is 8. The van der Waals surface area contributed by atoms with Gasteiger partial charge >= 0.3 is 30.5 Å². The molecule has 16 nitrogen and oxygen atoms in total. The normalized spacial score (nSPS) is 29.3. The molecule has 0 aromatic carbocycles. The van der Waals surface area contributed by atoms with Crippen molar-refractivity contribution >= 4 is 36.3 Å². The molecule has 8 atom stereocenters. The maximum Gasteiger partial charge on any atom is 0.410 e. The fourth-order valence-corrected chi connectivity index (χ4v) is 11.1. The van der Waals surface area contributed by atoms with Crippen LogP contribution in [0.1, 0.15) is 192 Å². The third-order valence-electron chi connectivity index (χ3n) is 13.4. The van der Waals surface area contributed by atoms with Gasteiger partial charge in [-0.1, -0.05) is 12.2 Å². The zero-order chi connectivity index (χ0) is 50.2. The average Bonchev–Trinajstić information content (AvgIpc) is 3.82. The van der Waals surface area contributed by atoms with Crippen molar-refractivity contribution < 1.29 is 57.6 Å². The Bertz CT molecular complexity index is 1640. The molecule has 8 aliphatic heterocycles. The Hall–Kier alpha value is -4.17. The topological polar surface area (TPSA) is 190 Å². The third-order valence-corrected chi connectivity index (χ3v) is 13.4. The van der Waals surface area contributed by atoms with Crippen LogP contribution in [0.15, 0.2) is 12.2 Å². The van der Waals surface area contributed by atoms with Crippen LogP contribution in [0.3, 0.4) is 0 Å². The number of carbonyl (C=O) groups excluding carboxylic acids is 7. The van der Waals surface area contributed by atoms with Gasteiger partial charge < -0.3 is 43.7 Å². The molecular weight excluding hydrogens is 861 g/mol. The van der Waals surface area contributed by atoms with E-state index in [1.54, 1.807) is 4.90 Å². The molecule has 8 bridgehead atoms. The van der Waals surface area contributed by atoms with Gasteiger partial charge in [-0.05, 0) is 185 Å². The lowest BCUT2D eigenvalue weighted by Gasteiger charge is -2.39. The first-order valence-electron chi connectivity index (χ1n) is 24.9. The van der Waals surface area contributed by atoms with Crippen LogP contribution in [0, 0.1) is 5.92 Å². The van der Waals surface area contributed by atoms with E-state index in [0.29, 0.717) is 42.9 Å². The van der Waals surface area contributed by atoms with Crippen LogP contribution in [0.25, 0.3) is 0 Å². The third kappa shape index (κ3) is 16.5. The van der Waals surface area contributed by atoms with Crippen LogP contribution in [0.4, 0.5) is 19.2 Å². The molecule has 8 saturated heterocycles. The highest BCUT2D eigenvalue weighted by atomic mass is 16.6. The van der Waals surface area contributed by atoms with Crippen molar-refractivity contribution in [2.75, 3.05) is 6.61 Å². The van der Waals surface area contributed by atoms with Crippen molar-refractivity contribution in [3.63, 3.8) is 0 Å². The summed E-state index contributed by atoms with van der Waals surface area (Å²) < 4.78 is 21.7. The summed E-state index contributed by atoms with van der Waals surface area (Å²) in [6, 6.07) is 2.31. The van der Waals surface area contributed by atoms with Gasteiger partial charge in [0.1, 0.15) is 28.2 Å². The van der Waals surface area contributed by atoms with Crippen LogP contribution in [0.5, 0.6) is 0 Å². The number of aliphatic hydroxyl groups is 1. The second-order valence-corrected chi connectivity index (χ2v) is 23.7. The molecule has 0 spiro atoms. The van der Waals surface area contributed by atoms with Crippen molar-refractivity contribution in [1.82, 2.24) is 19.6 Å². The smallest absolute Gasteiger partial charge is 0.410 e. The van der Waals surface area contributed by atoms with Gasteiger partial charge in [-0.15, -0.1) is 0 Å². The minimum atomic E-state index is -0.460. The van der Waals surface area contributed by atoms with Gasteiger partial charge in [0, 0.05) is 67.8 Å². The minimum absolute atomic E-state index is 0.0844. The number of hydrogen-bond acceptors (Lipinski definition) is 12. The molecule has 8 rings (SSSR count). The average molecular weight is 945 g/mol. The van der Waals surface area contributed by atoms with E-state index < -0.39 is 16.8 Å². The van der Waals surface area contributed by atoms with Crippen molar-refractivity contribution in [3.05, 3.63) is 12.2 Å². The molecule has 8 heterocycles.